The standard InChI is InChI=1S/C8H11N3O/c1-6(9)11-8(12)7-2-4-10-5-3-7/h2-5,8,12H,1H3,(H2,9,11). The Morgan fingerprint density at radius 1 is 1.58 bits per heavy atom. The molecule has 4 heteroatoms. The van der Waals surface area contributed by atoms with E-state index in [-0.39, 0.29) is 5.84 Å². The van der Waals surface area contributed by atoms with E-state index >= 15 is 0 Å². The molecule has 0 fully saturated rings. The summed E-state index contributed by atoms with van der Waals surface area (Å²) in [4.78, 5) is 3.81. The number of nitrogens with one attached hydrogen (secondary N) is 2. The van der Waals surface area contributed by atoms with Crippen LogP contribution < -0.4 is 5.32 Å². The van der Waals surface area contributed by atoms with Crippen molar-refractivity contribution in [3.63, 3.8) is 0 Å². The average molecular weight is 165 g/mol. The summed E-state index contributed by atoms with van der Waals surface area (Å²) in [6, 6.07) is 3.39. The first kappa shape index (κ1) is 8.67. The Bertz CT molecular complexity index is 260. The number of rotatable bonds is 2. The Labute approximate surface area is 70.8 Å². The van der Waals surface area contributed by atoms with Gasteiger partial charge in [0, 0.05) is 18.0 Å². The van der Waals surface area contributed by atoms with Crippen molar-refractivity contribution in [1.29, 1.82) is 5.41 Å². The van der Waals surface area contributed by atoms with Crippen LogP contribution in [0.2, 0.25) is 0 Å². The Balaban J connectivity index is 2.65. The van der Waals surface area contributed by atoms with E-state index in [4.69, 9.17) is 5.41 Å². The van der Waals surface area contributed by atoms with Crippen molar-refractivity contribution >= 4 is 5.84 Å². The molecule has 3 N–H and O–H groups in total. The highest BCUT2D eigenvalue weighted by atomic mass is 16.3. The summed E-state index contributed by atoms with van der Waals surface area (Å²) in [5.74, 6) is 0.235. The van der Waals surface area contributed by atoms with Crippen LogP contribution in [0.15, 0.2) is 24.5 Å². The van der Waals surface area contributed by atoms with E-state index in [1.165, 1.54) is 0 Å². The molecule has 0 aromatic carbocycles. The van der Waals surface area contributed by atoms with E-state index < -0.39 is 6.23 Å². The normalized spacial score (nSPS) is 12.2. The summed E-state index contributed by atoms with van der Waals surface area (Å²) in [5.41, 5.74) is 0.705. The number of aromatic nitrogens is 1. The van der Waals surface area contributed by atoms with E-state index in [2.05, 4.69) is 10.3 Å². The van der Waals surface area contributed by atoms with Crippen LogP contribution in [0.3, 0.4) is 0 Å². The maximum atomic E-state index is 9.41. The van der Waals surface area contributed by atoms with Gasteiger partial charge in [0.05, 0.1) is 5.84 Å². The zero-order valence-corrected chi connectivity index (χ0v) is 6.78. The van der Waals surface area contributed by atoms with Crippen LogP contribution in [0.5, 0.6) is 0 Å². The summed E-state index contributed by atoms with van der Waals surface area (Å²) in [6.07, 6.45) is 2.38. The van der Waals surface area contributed by atoms with Gasteiger partial charge >= 0.3 is 0 Å². The van der Waals surface area contributed by atoms with Crippen LogP contribution in [0.1, 0.15) is 18.7 Å². The molecule has 0 saturated carbocycles. The molecule has 1 unspecified atom stereocenters. The second-order valence-electron chi connectivity index (χ2n) is 2.45. The number of aliphatic hydroxyl groups excluding tert-OH is 1. The second-order valence-corrected chi connectivity index (χ2v) is 2.45. The summed E-state index contributed by atoms with van der Waals surface area (Å²) >= 11 is 0. The molecule has 0 amide bonds. The lowest BCUT2D eigenvalue weighted by Gasteiger charge is -2.11. The van der Waals surface area contributed by atoms with Crippen LogP contribution in [0.25, 0.3) is 0 Å². The van der Waals surface area contributed by atoms with Gasteiger partial charge in [-0.25, -0.2) is 0 Å². The van der Waals surface area contributed by atoms with E-state index in [0.29, 0.717) is 5.56 Å². The van der Waals surface area contributed by atoms with Gasteiger partial charge in [0.25, 0.3) is 0 Å². The van der Waals surface area contributed by atoms with E-state index in [1.54, 1.807) is 31.5 Å². The lowest BCUT2D eigenvalue weighted by molar-refractivity contribution is 0.162. The monoisotopic (exact) mass is 165 g/mol. The Morgan fingerprint density at radius 2 is 2.17 bits per heavy atom. The topological polar surface area (TPSA) is 69.0 Å². The number of aliphatic hydroxyl groups is 1. The predicted molar refractivity (Wildman–Crippen MR) is 45.7 cm³/mol. The molecule has 0 bridgehead atoms. The molecule has 0 aliphatic carbocycles. The molecule has 64 valence electrons. The molecule has 0 radical (unpaired) electrons. The number of pyridine rings is 1. The minimum absolute atomic E-state index is 0.235. The van der Waals surface area contributed by atoms with Crippen molar-refractivity contribution in [3.05, 3.63) is 30.1 Å². The fraction of sp³-hybridized carbons (Fsp3) is 0.250. The molecule has 12 heavy (non-hydrogen) atoms. The van der Waals surface area contributed by atoms with Crippen molar-refractivity contribution in [2.75, 3.05) is 0 Å². The Kier molecular flexibility index (Phi) is 2.76. The number of hydrogen-bond acceptors (Lipinski definition) is 3. The van der Waals surface area contributed by atoms with Crippen molar-refractivity contribution in [2.24, 2.45) is 0 Å². The van der Waals surface area contributed by atoms with E-state index in [9.17, 15) is 5.11 Å². The van der Waals surface area contributed by atoms with Crippen molar-refractivity contribution in [3.8, 4) is 0 Å². The zero-order valence-electron chi connectivity index (χ0n) is 6.78. The highest BCUT2D eigenvalue weighted by Crippen LogP contribution is 2.06. The minimum Gasteiger partial charge on any atom is -0.369 e. The molecular weight excluding hydrogens is 154 g/mol. The first-order chi connectivity index (χ1) is 5.70. The maximum Gasteiger partial charge on any atom is 0.151 e. The summed E-state index contributed by atoms with van der Waals surface area (Å²) in [5, 5.41) is 19.1. The number of hydrogen-bond donors (Lipinski definition) is 3. The lowest BCUT2D eigenvalue weighted by atomic mass is 10.2. The summed E-state index contributed by atoms with van der Waals surface area (Å²) in [7, 11) is 0. The Hall–Kier alpha value is -1.42. The van der Waals surface area contributed by atoms with Gasteiger partial charge in [-0.05, 0) is 19.1 Å². The van der Waals surface area contributed by atoms with Crippen molar-refractivity contribution in [1.82, 2.24) is 10.3 Å². The van der Waals surface area contributed by atoms with Gasteiger partial charge < -0.3 is 10.4 Å². The van der Waals surface area contributed by atoms with E-state index in [0.717, 1.165) is 0 Å². The van der Waals surface area contributed by atoms with Gasteiger partial charge in [-0.1, -0.05) is 0 Å². The minimum atomic E-state index is -0.814. The SMILES string of the molecule is CC(=N)NC(O)c1ccncc1. The molecule has 1 rings (SSSR count). The van der Waals surface area contributed by atoms with Gasteiger partial charge in [-0.3, -0.25) is 10.4 Å². The number of amidine groups is 1. The Morgan fingerprint density at radius 3 is 2.67 bits per heavy atom. The number of nitrogens with zero attached hydrogens (tertiary/aromatic N) is 1. The summed E-state index contributed by atoms with van der Waals surface area (Å²) in [6.45, 7) is 1.57. The molecule has 0 spiro atoms. The molecule has 1 heterocycles. The van der Waals surface area contributed by atoms with Gasteiger partial charge in [0.2, 0.25) is 0 Å². The third kappa shape index (κ3) is 2.32. The highest BCUT2D eigenvalue weighted by Gasteiger charge is 2.04. The van der Waals surface area contributed by atoms with Crippen molar-refractivity contribution < 1.29 is 5.11 Å². The third-order valence-corrected chi connectivity index (χ3v) is 1.38. The summed E-state index contributed by atoms with van der Waals surface area (Å²) < 4.78 is 0. The average Bonchev–Trinajstić information content (AvgIpc) is 2.05. The van der Waals surface area contributed by atoms with Crippen LogP contribution in [-0.4, -0.2) is 15.9 Å². The van der Waals surface area contributed by atoms with Crippen LogP contribution >= 0.6 is 0 Å². The first-order valence-corrected chi connectivity index (χ1v) is 3.60. The fourth-order valence-corrected chi connectivity index (χ4v) is 0.834. The molecule has 0 aliphatic rings. The molecule has 1 aromatic rings. The molecule has 0 aliphatic heterocycles. The van der Waals surface area contributed by atoms with Gasteiger partial charge in [-0.2, -0.15) is 0 Å². The third-order valence-electron chi connectivity index (χ3n) is 1.38. The molecule has 0 saturated heterocycles. The molecule has 1 aromatic heterocycles. The largest absolute Gasteiger partial charge is 0.369 e. The van der Waals surface area contributed by atoms with Gasteiger partial charge in [0.15, 0.2) is 6.23 Å². The first-order valence-electron chi connectivity index (χ1n) is 3.60. The maximum absolute atomic E-state index is 9.41. The quantitative estimate of drug-likeness (QED) is 0.342. The highest BCUT2D eigenvalue weighted by molar-refractivity contribution is 5.76. The van der Waals surface area contributed by atoms with E-state index in [1.807, 2.05) is 0 Å². The predicted octanol–water partition coefficient (Wildman–Crippen LogP) is 0.659. The molecule has 1 atom stereocenters. The van der Waals surface area contributed by atoms with Gasteiger partial charge in [-0.15, -0.1) is 0 Å². The second kappa shape index (κ2) is 3.82. The lowest BCUT2D eigenvalue weighted by Crippen LogP contribution is -2.24. The smallest absolute Gasteiger partial charge is 0.151 e. The van der Waals surface area contributed by atoms with Crippen LogP contribution in [0.4, 0.5) is 0 Å². The zero-order chi connectivity index (χ0) is 8.97. The molecule has 4 nitrogen and oxygen atoms in total. The van der Waals surface area contributed by atoms with Crippen molar-refractivity contribution in [2.45, 2.75) is 13.2 Å². The van der Waals surface area contributed by atoms with Crippen LogP contribution in [-0.2, 0) is 0 Å². The van der Waals surface area contributed by atoms with Crippen LogP contribution in [0, 0.1) is 5.41 Å². The molecular formula is C8H11N3O. The fourth-order valence-electron chi connectivity index (χ4n) is 0.834. The van der Waals surface area contributed by atoms with Gasteiger partial charge in [0.1, 0.15) is 0 Å².